The van der Waals surface area contributed by atoms with Gasteiger partial charge in [-0.3, -0.25) is 9.69 Å². The van der Waals surface area contributed by atoms with Gasteiger partial charge in [0.1, 0.15) is 0 Å². The van der Waals surface area contributed by atoms with Gasteiger partial charge in [-0.15, -0.1) is 0 Å². The molecule has 2 N–H and O–H groups in total. The van der Waals surface area contributed by atoms with E-state index in [1.54, 1.807) is 43.4 Å². The van der Waals surface area contributed by atoms with Gasteiger partial charge in [-0.1, -0.05) is 43.0 Å². The van der Waals surface area contributed by atoms with E-state index in [0.717, 1.165) is 25.7 Å². The largest absolute Gasteiger partial charge is 0.349 e. The highest BCUT2D eigenvalue weighted by Crippen LogP contribution is 2.23. The summed E-state index contributed by atoms with van der Waals surface area (Å²) >= 11 is 5.87. The number of para-hydroxylation sites is 1. The van der Waals surface area contributed by atoms with Crippen LogP contribution < -0.4 is 15.5 Å². The second-order valence-corrected chi connectivity index (χ2v) is 7.26. The van der Waals surface area contributed by atoms with Gasteiger partial charge >= 0.3 is 6.03 Å². The smallest absolute Gasteiger partial charge is 0.326 e. The number of benzene rings is 2. The third-order valence-electron chi connectivity index (χ3n) is 4.85. The summed E-state index contributed by atoms with van der Waals surface area (Å²) in [5, 5.41) is 6.53. The van der Waals surface area contributed by atoms with Crippen LogP contribution in [0.2, 0.25) is 5.02 Å². The maximum Gasteiger partial charge on any atom is 0.326 e. The minimum absolute atomic E-state index is 0.136. The Morgan fingerprint density at radius 1 is 1.00 bits per heavy atom. The van der Waals surface area contributed by atoms with Crippen LogP contribution in [0.3, 0.4) is 0 Å². The second kappa shape index (κ2) is 8.91. The van der Waals surface area contributed by atoms with Crippen LogP contribution in [0.5, 0.6) is 0 Å². The van der Waals surface area contributed by atoms with Crippen LogP contribution in [-0.2, 0) is 0 Å². The number of hydrogen-bond donors (Lipinski definition) is 2. The van der Waals surface area contributed by atoms with Crippen molar-refractivity contribution in [3.63, 3.8) is 0 Å². The zero-order chi connectivity index (χ0) is 19.2. The average molecular weight is 386 g/mol. The molecule has 1 saturated carbocycles. The Labute approximate surface area is 164 Å². The Bertz CT molecular complexity index is 801. The molecule has 3 rings (SSSR count). The fraction of sp³-hybridized carbons (Fsp3) is 0.333. The van der Waals surface area contributed by atoms with Crippen molar-refractivity contribution in [2.75, 3.05) is 17.3 Å². The van der Waals surface area contributed by atoms with Gasteiger partial charge in [0.2, 0.25) is 0 Å². The van der Waals surface area contributed by atoms with Gasteiger partial charge in [-0.25, -0.2) is 4.79 Å². The van der Waals surface area contributed by atoms with Crippen molar-refractivity contribution in [1.82, 2.24) is 5.32 Å². The zero-order valence-electron chi connectivity index (χ0n) is 15.4. The van der Waals surface area contributed by atoms with Crippen molar-refractivity contribution >= 4 is 34.9 Å². The highest BCUT2D eigenvalue weighted by molar-refractivity contribution is 6.30. The fourth-order valence-electron chi connectivity index (χ4n) is 3.32. The van der Waals surface area contributed by atoms with Crippen LogP contribution >= 0.6 is 11.6 Å². The first-order chi connectivity index (χ1) is 13.0. The number of nitrogens with zero attached hydrogens (tertiary/aromatic N) is 1. The maximum absolute atomic E-state index is 12.8. The van der Waals surface area contributed by atoms with E-state index in [0.29, 0.717) is 22.0 Å². The molecule has 1 aliphatic carbocycles. The molecular formula is C21H24ClN3O2. The van der Waals surface area contributed by atoms with Crippen molar-refractivity contribution in [3.8, 4) is 0 Å². The third-order valence-corrected chi connectivity index (χ3v) is 5.10. The molecule has 0 aromatic heterocycles. The lowest BCUT2D eigenvalue weighted by molar-refractivity contribution is 0.0928. The number of urea groups is 1. The molecule has 0 unspecified atom stereocenters. The SMILES string of the molecule is CN(C(=O)Nc1ccc(Cl)cc1)c1ccccc1C(=O)NC1CCCCC1. The molecule has 142 valence electrons. The average Bonchev–Trinajstić information content (AvgIpc) is 2.70. The van der Waals surface area contributed by atoms with Crippen molar-refractivity contribution < 1.29 is 9.59 Å². The number of carbonyl (C=O) groups excluding carboxylic acids is 2. The molecule has 5 nitrogen and oxygen atoms in total. The van der Waals surface area contributed by atoms with Crippen molar-refractivity contribution in [2.24, 2.45) is 0 Å². The van der Waals surface area contributed by atoms with E-state index >= 15 is 0 Å². The molecule has 0 bridgehead atoms. The van der Waals surface area contributed by atoms with Gasteiger partial charge < -0.3 is 10.6 Å². The number of nitrogens with one attached hydrogen (secondary N) is 2. The second-order valence-electron chi connectivity index (χ2n) is 6.82. The Morgan fingerprint density at radius 3 is 2.37 bits per heavy atom. The van der Waals surface area contributed by atoms with E-state index in [1.165, 1.54) is 11.3 Å². The van der Waals surface area contributed by atoms with Gasteiger partial charge in [0.15, 0.2) is 0 Å². The molecule has 2 aromatic rings. The Hall–Kier alpha value is -2.53. The predicted octanol–water partition coefficient (Wildman–Crippen LogP) is 5.07. The summed E-state index contributed by atoms with van der Waals surface area (Å²) in [6.07, 6.45) is 5.56. The Kier molecular flexibility index (Phi) is 6.35. The van der Waals surface area contributed by atoms with Crippen molar-refractivity contribution in [3.05, 3.63) is 59.1 Å². The summed E-state index contributed by atoms with van der Waals surface area (Å²) in [6.45, 7) is 0. The lowest BCUT2D eigenvalue weighted by atomic mass is 9.95. The summed E-state index contributed by atoms with van der Waals surface area (Å²) in [5.74, 6) is -0.136. The quantitative estimate of drug-likeness (QED) is 0.771. The van der Waals surface area contributed by atoms with Crippen LogP contribution in [0.25, 0.3) is 0 Å². The molecule has 0 radical (unpaired) electrons. The van der Waals surface area contributed by atoms with Gasteiger partial charge in [-0.2, -0.15) is 0 Å². The molecule has 0 saturated heterocycles. The molecule has 2 aromatic carbocycles. The summed E-state index contributed by atoms with van der Waals surface area (Å²) < 4.78 is 0. The van der Waals surface area contributed by atoms with Crippen molar-refractivity contribution in [2.45, 2.75) is 38.1 Å². The molecule has 0 heterocycles. The molecular weight excluding hydrogens is 362 g/mol. The molecule has 1 aliphatic rings. The van der Waals surface area contributed by atoms with Crippen LogP contribution in [0.1, 0.15) is 42.5 Å². The van der Waals surface area contributed by atoms with E-state index in [2.05, 4.69) is 10.6 Å². The van der Waals surface area contributed by atoms with Crippen LogP contribution in [0.15, 0.2) is 48.5 Å². The zero-order valence-corrected chi connectivity index (χ0v) is 16.1. The standard InChI is InChI=1S/C21H24ClN3O2/c1-25(21(27)24-17-13-11-15(22)12-14-17)19-10-6-5-9-18(19)20(26)23-16-7-3-2-4-8-16/h5-6,9-14,16H,2-4,7-8H2,1H3,(H,23,26)(H,24,27). The number of hydrogen-bond acceptors (Lipinski definition) is 2. The summed E-state index contributed by atoms with van der Waals surface area (Å²) in [6, 6.07) is 13.9. The van der Waals surface area contributed by atoms with E-state index in [-0.39, 0.29) is 18.0 Å². The number of amides is 3. The summed E-state index contributed by atoms with van der Waals surface area (Å²) in [7, 11) is 1.65. The summed E-state index contributed by atoms with van der Waals surface area (Å²) in [5.41, 5.74) is 1.70. The lowest BCUT2D eigenvalue weighted by Gasteiger charge is -2.25. The third kappa shape index (κ3) is 5.01. The monoisotopic (exact) mass is 385 g/mol. The molecule has 0 aliphatic heterocycles. The first-order valence-corrected chi connectivity index (χ1v) is 9.62. The van der Waals surface area contributed by atoms with Crippen LogP contribution in [0.4, 0.5) is 16.2 Å². The van der Waals surface area contributed by atoms with Gasteiger partial charge in [0.05, 0.1) is 11.3 Å². The number of anilines is 2. The molecule has 3 amide bonds. The minimum Gasteiger partial charge on any atom is -0.349 e. The van der Waals surface area contributed by atoms with Crippen LogP contribution in [0, 0.1) is 0 Å². The van der Waals surface area contributed by atoms with Gasteiger partial charge in [0, 0.05) is 23.8 Å². The van der Waals surface area contributed by atoms with Crippen LogP contribution in [-0.4, -0.2) is 25.0 Å². The van der Waals surface area contributed by atoms with E-state index in [9.17, 15) is 9.59 Å². The topological polar surface area (TPSA) is 61.4 Å². The lowest BCUT2D eigenvalue weighted by Crippen LogP contribution is -2.38. The number of carbonyl (C=O) groups is 2. The predicted molar refractivity (Wildman–Crippen MR) is 110 cm³/mol. The number of rotatable bonds is 4. The molecule has 0 atom stereocenters. The Balaban J connectivity index is 1.72. The highest BCUT2D eigenvalue weighted by atomic mass is 35.5. The van der Waals surface area contributed by atoms with E-state index in [4.69, 9.17) is 11.6 Å². The molecule has 0 spiro atoms. The summed E-state index contributed by atoms with van der Waals surface area (Å²) in [4.78, 5) is 26.8. The first kappa shape index (κ1) is 19.2. The molecule has 27 heavy (non-hydrogen) atoms. The minimum atomic E-state index is -0.324. The maximum atomic E-state index is 12.8. The number of halogens is 1. The Morgan fingerprint density at radius 2 is 1.67 bits per heavy atom. The molecule has 6 heteroatoms. The van der Waals surface area contributed by atoms with Gasteiger partial charge in [0.25, 0.3) is 5.91 Å². The van der Waals surface area contributed by atoms with E-state index < -0.39 is 0 Å². The van der Waals surface area contributed by atoms with E-state index in [1.807, 2.05) is 12.1 Å². The van der Waals surface area contributed by atoms with Crippen molar-refractivity contribution in [1.29, 1.82) is 0 Å². The van der Waals surface area contributed by atoms with Gasteiger partial charge in [-0.05, 0) is 49.2 Å². The molecule has 1 fully saturated rings. The highest BCUT2D eigenvalue weighted by Gasteiger charge is 2.21. The normalized spacial score (nSPS) is 14.4. The fourth-order valence-corrected chi connectivity index (χ4v) is 3.44. The first-order valence-electron chi connectivity index (χ1n) is 9.25.